The molecule has 0 aliphatic carbocycles. The molecule has 138 valence electrons. The topological polar surface area (TPSA) is 74.3 Å². The normalized spacial score (nSPS) is 17.0. The molecule has 2 amide bonds. The Labute approximate surface area is 150 Å². The van der Waals surface area contributed by atoms with E-state index in [2.05, 4.69) is 27.7 Å². The van der Waals surface area contributed by atoms with Crippen LogP contribution in [-0.4, -0.2) is 41.3 Å². The fraction of sp³-hybridized carbons (Fsp3) is 0.632. The van der Waals surface area contributed by atoms with Gasteiger partial charge in [0.15, 0.2) is 0 Å². The van der Waals surface area contributed by atoms with Gasteiger partial charge in [-0.05, 0) is 62.4 Å². The molecule has 2 N–H and O–H groups in total. The van der Waals surface area contributed by atoms with Crippen LogP contribution in [0.1, 0.15) is 45.1 Å². The summed E-state index contributed by atoms with van der Waals surface area (Å²) in [7, 11) is 0. The van der Waals surface area contributed by atoms with E-state index in [1.807, 2.05) is 19.1 Å². The first-order chi connectivity index (χ1) is 12.0. The second-order valence-electron chi connectivity index (χ2n) is 7.13. The molecule has 0 spiro atoms. The number of carbonyl (C=O) groups is 2. The van der Waals surface area contributed by atoms with Crippen molar-refractivity contribution in [1.82, 2.24) is 20.7 Å². The van der Waals surface area contributed by atoms with Crippen LogP contribution in [-0.2, 0) is 16.0 Å². The van der Waals surface area contributed by atoms with Crippen molar-refractivity contribution in [2.24, 2.45) is 11.8 Å². The van der Waals surface area contributed by atoms with E-state index in [4.69, 9.17) is 0 Å². The number of rotatable bonds is 7. The zero-order chi connectivity index (χ0) is 18.1. The Morgan fingerprint density at radius 2 is 1.92 bits per heavy atom. The van der Waals surface area contributed by atoms with Crippen LogP contribution in [0.4, 0.5) is 0 Å². The molecule has 0 bridgehead atoms. The first-order valence-corrected chi connectivity index (χ1v) is 9.24. The number of piperidine rings is 1. The summed E-state index contributed by atoms with van der Waals surface area (Å²) >= 11 is 0. The number of aromatic nitrogens is 1. The Hall–Kier alpha value is -1.95. The van der Waals surface area contributed by atoms with Gasteiger partial charge in [0.2, 0.25) is 11.8 Å². The number of hydrazine groups is 1. The van der Waals surface area contributed by atoms with E-state index >= 15 is 0 Å². The summed E-state index contributed by atoms with van der Waals surface area (Å²) in [5.74, 6) is 0.375. The average molecular weight is 346 g/mol. The van der Waals surface area contributed by atoms with Gasteiger partial charge in [0, 0.05) is 31.3 Å². The lowest BCUT2D eigenvalue weighted by molar-refractivity contribution is -0.131. The molecule has 6 heteroatoms. The van der Waals surface area contributed by atoms with Crippen LogP contribution in [0.2, 0.25) is 0 Å². The smallest absolute Gasteiger partial charge is 0.242 e. The van der Waals surface area contributed by atoms with Gasteiger partial charge in [0.25, 0.3) is 0 Å². The number of nitrogens with one attached hydrogen (secondary N) is 2. The lowest BCUT2D eigenvalue weighted by Crippen LogP contribution is -2.47. The van der Waals surface area contributed by atoms with E-state index in [0.717, 1.165) is 44.0 Å². The minimum Gasteiger partial charge on any atom is -0.303 e. The molecule has 0 saturated carbocycles. The molecule has 0 aromatic carbocycles. The quantitative estimate of drug-likeness (QED) is 0.740. The van der Waals surface area contributed by atoms with Gasteiger partial charge in [-0.25, -0.2) is 0 Å². The maximum Gasteiger partial charge on any atom is 0.242 e. The fourth-order valence-electron chi connectivity index (χ4n) is 3.03. The molecular weight excluding hydrogens is 316 g/mol. The van der Waals surface area contributed by atoms with Crippen molar-refractivity contribution in [3.8, 4) is 0 Å². The van der Waals surface area contributed by atoms with E-state index < -0.39 is 0 Å². The van der Waals surface area contributed by atoms with Gasteiger partial charge >= 0.3 is 0 Å². The third-order valence-corrected chi connectivity index (χ3v) is 4.80. The van der Waals surface area contributed by atoms with Gasteiger partial charge < -0.3 is 4.90 Å². The molecule has 25 heavy (non-hydrogen) atoms. The molecular formula is C19H30N4O2. The highest BCUT2D eigenvalue weighted by molar-refractivity contribution is 5.83. The number of aryl methyl sites for hydroxylation is 1. The zero-order valence-corrected chi connectivity index (χ0v) is 15.3. The standard InChI is InChI=1S/C19H30N4O2/c1-15-8-12-23(13-9-15)14-16(2)19(25)22-21-18(24)5-3-4-17-6-10-20-11-7-17/h6-7,10-11,15-16H,3-5,8-9,12-14H2,1-2H3,(H,21,24)(H,22,25). The predicted molar refractivity (Wildman–Crippen MR) is 97.5 cm³/mol. The summed E-state index contributed by atoms with van der Waals surface area (Å²) in [5, 5.41) is 0. The van der Waals surface area contributed by atoms with Crippen molar-refractivity contribution in [1.29, 1.82) is 0 Å². The summed E-state index contributed by atoms with van der Waals surface area (Å²) in [4.78, 5) is 30.3. The number of carbonyl (C=O) groups excluding carboxylic acids is 2. The van der Waals surface area contributed by atoms with Crippen LogP contribution in [0.15, 0.2) is 24.5 Å². The number of amides is 2. The first kappa shape index (κ1) is 19.4. The summed E-state index contributed by atoms with van der Waals surface area (Å²) in [6.45, 7) is 7.04. The molecule has 2 rings (SSSR count). The van der Waals surface area contributed by atoms with E-state index in [9.17, 15) is 9.59 Å². The van der Waals surface area contributed by atoms with Crippen LogP contribution in [0.3, 0.4) is 0 Å². The SMILES string of the molecule is CC1CCN(CC(C)C(=O)NNC(=O)CCCc2ccncc2)CC1. The maximum atomic E-state index is 12.1. The third kappa shape index (κ3) is 7.22. The Kier molecular flexibility index (Phi) is 7.85. The summed E-state index contributed by atoms with van der Waals surface area (Å²) in [6, 6.07) is 3.89. The van der Waals surface area contributed by atoms with Gasteiger partial charge in [-0.2, -0.15) is 0 Å². The summed E-state index contributed by atoms with van der Waals surface area (Å²) in [5.41, 5.74) is 6.24. The lowest BCUT2D eigenvalue weighted by Gasteiger charge is -2.31. The van der Waals surface area contributed by atoms with Gasteiger partial charge in [-0.1, -0.05) is 13.8 Å². The molecule has 1 aliphatic heterocycles. The Bertz CT molecular complexity index is 542. The highest BCUT2D eigenvalue weighted by Gasteiger charge is 2.21. The maximum absolute atomic E-state index is 12.1. The minimum absolute atomic E-state index is 0.124. The molecule has 0 radical (unpaired) electrons. The zero-order valence-electron chi connectivity index (χ0n) is 15.3. The van der Waals surface area contributed by atoms with Crippen molar-refractivity contribution >= 4 is 11.8 Å². The van der Waals surface area contributed by atoms with Gasteiger partial charge in [0.05, 0.1) is 0 Å². The van der Waals surface area contributed by atoms with Gasteiger partial charge in [-0.15, -0.1) is 0 Å². The van der Waals surface area contributed by atoms with E-state index in [0.29, 0.717) is 6.42 Å². The number of hydrogen-bond acceptors (Lipinski definition) is 4. The van der Waals surface area contributed by atoms with Crippen LogP contribution >= 0.6 is 0 Å². The van der Waals surface area contributed by atoms with Crippen molar-refractivity contribution in [2.45, 2.75) is 46.0 Å². The van der Waals surface area contributed by atoms with E-state index in [1.54, 1.807) is 12.4 Å². The van der Waals surface area contributed by atoms with Crippen molar-refractivity contribution in [3.05, 3.63) is 30.1 Å². The second kappa shape index (κ2) is 10.1. The number of likely N-dealkylation sites (tertiary alicyclic amines) is 1. The largest absolute Gasteiger partial charge is 0.303 e. The molecule has 1 unspecified atom stereocenters. The monoisotopic (exact) mass is 346 g/mol. The van der Waals surface area contributed by atoms with Crippen LogP contribution in [0.5, 0.6) is 0 Å². The van der Waals surface area contributed by atoms with Crippen molar-refractivity contribution < 1.29 is 9.59 Å². The molecule has 1 aromatic rings. The number of hydrogen-bond donors (Lipinski definition) is 2. The predicted octanol–water partition coefficient (Wildman–Crippen LogP) is 1.92. The number of nitrogens with zero attached hydrogens (tertiary/aromatic N) is 2. The van der Waals surface area contributed by atoms with Crippen LogP contribution in [0, 0.1) is 11.8 Å². The van der Waals surface area contributed by atoms with Crippen molar-refractivity contribution in [3.63, 3.8) is 0 Å². The van der Waals surface area contributed by atoms with Crippen LogP contribution < -0.4 is 10.9 Å². The lowest BCUT2D eigenvalue weighted by atomic mass is 9.98. The summed E-state index contributed by atoms with van der Waals surface area (Å²) < 4.78 is 0. The highest BCUT2D eigenvalue weighted by Crippen LogP contribution is 2.16. The third-order valence-electron chi connectivity index (χ3n) is 4.80. The molecule has 1 aromatic heterocycles. The van der Waals surface area contributed by atoms with E-state index in [-0.39, 0.29) is 17.7 Å². The summed E-state index contributed by atoms with van der Waals surface area (Å²) in [6.07, 6.45) is 7.85. The first-order valence-electron chi connectivity index (χ1n) is 9.24. The molecule has 2 heterocycles. The average Bonchev–Trinajstić information content (AvgIpc) is 2.62. The molecule has 1 saturated heterocycles. The van der Waals surface area contributed by atoms with Gasteiger partial charge in [0.1, 0.15) is 0 Å². The number of pyridine rings is 1. The van der Waals surface area contributed by atoms with E-state index in [1.165, 1.54) is 12.8 Å². The van der Waals surface area contributed by atoms with Gasteiger partial charge in [-0.3, -0.25) is 25.4 Å². The Morgan fingerprint density at radius 1 is 1.24 bits per heavy atom. The molecule has 1 aliphatic rings. The molecule has 1 fully saturated rings. The Morgan fingerprint density at radius 3 is 2.60 bits per heavy atom. The van der Waals surface area contributed by atoms with Crippen molar-refractivity contribution in [2.75, 3.05) is 19.6 Å². The minimum atomic E-state index is -0.151. The van der Waals surface area contributed by atoms with Crippen LogP contribution in [0.25, 0.3) is 0 Å². The molecule has 6 nitrogen and oxygen atoms in total. The fourth-order valence-corrected chi connectivity index (χ4v) is 3.03. The highest BCUT2D eigenvalue weighted by atomic mass is 16.2. The molecule has 1 atom stereocenters. The Balaban J connectivity index is 1.59. The second-order valence-corrected chi connectivity index (χ2v) is 7.13.